The molecule has 0 aliphatic heterocycles. The SMILES string of the molecule is CO[C@@H](C(=O)Nc1nc(-c2ccccc2)nn1C)c1ccccc1. The van der Waals surface area contributed by atoms with E-state index < -0.39 is 6.10 Å². The molecule has 0 saturated carbocycles. The van der Waals surface area contributed by atoms with E-state index in [4.69, 9.17) is 4.74 Å². The molecule has 0 spiro atoms. The summed E-state index contributed by atoms with van der Waals surface area (Å²) in [6, 6.07) is 18.9. The Hall–Kier alpha value is -2.99. The minimum absolute atomic E-state index is 0.293. The molecule has 6 heteroatoms. The molecule has 122 valence electrons. The summed E-state index contributed by atoms with van der Waals surface area (Å²) < 4.78 is 6.87. The summed E-state index contributed by atoms with van der Waals surface area (Å²) in [6.45, 7) is 0. The van der Waals surface area contributed by atoms with E-state index in [-0.39, 0.29) is 5.91 Å². The highest BCUT2D eigenvalue weighted by atomic mass is 16.5. The fourth-order valence-electron chi connectivity index (χ4n) is 2.40. The summed E-state index contributed by atoms with van der Waals surface area (Å²) in [5, 5.41) is 7.12. The second kappa shape index (κ2) is 7.06. The van der Waals surface area contributed by atoms with Gasteiger partial charge in [0.05, 0.1) is 0 Å². The predicted octanol–water partition coefficient (Wildman–Crippen LogP) is 2.81. The molecular weight excluding hydrogens is 304 g/mol. The minimum Gasteiger partial charge on any atom is -0.367 e. The number of nitrogens with zero attached hydrogens (tertiary/aromatic N) is 3. The lowest BCUT2D eigenvalue weighted by Gasteiger charge is -2.14. The van der Waals surface area contributed by atoms with Crippen LogP contribution < -0.4 is 5.32 Å². The van der Waals surface area contributed by atoms with Crippen LogP contribution in [0.3, 0.4) is 0 Å². The van der Waals surface area contributed by atoms with Crippen LogP contribution in [0.15, 0.2) is 60.7 Å². The van der Waals surface area contributed by atoms with Crippen molar-refractivity contribution in [3.05, 3.63) is 66.2 Å². The summed E-state index contributed by atoms with van der Waals surface area (Å²) in [5.74, 6) is 0.637. The first-order valence-electron chi connectivity index (χ1n) is 7.54. The van der Waals surface area contributed by atoms with Crippen molar-refractivity contribution >= 4 is 11.9 Å². The zero-order valence-corrected chi connectivity index (χ0v) is 13.5. The molecule has 3 rings (SSSR count). The van der Waals surface area contributed by atoms with E-state index in [2.05, 4.69) is 15.4 Å². The fourth-order valence-corrected chi connectivity index (χ4v) is 2.40. The van der Waals surface area contributed by atoms with Crippen LogP contribution in [0.1, 0.15) is 11.7 Å². The molecule has 1 N–H and O–H groups in total. The number of nitrogens with one attached hydrogen (secondary N) is 1. The smallest absolute Gasteiger partial charge is 0.260 e. The summed E-state index contributed by atoms with van der Waals surface area (Å²) in [6.07, 6.45) is -0.705. The highest BCUT2D eigenvalue weighted by Crippen LogP contribution is 2.20. The van der Waals surface area contributed by atoms with E-state index in [0.717, 1.165) is 11.1 Å². The van der Waals surface area contributed by atoms with E-state index in [9.17, 15) is 4.79 Å². The molecule has 1 aromatic heterocycles. The van der Waals surface area contributed by atoms with Crippen molar-refractivity contribution in [3.8, 4) is 11.4 Å². The monoisotopic (exact) mass is 322 g/mol. The van der Waals surface area contributed by atoms with Crippen molar-refractivity contribution in [3.63, 3.8) is 0 Å². The lowest BCUT2D eigenvalue weighted by Crippen LogP contribution is -2.24. The number of amides is 1. The van der Waals surface area contributed by atoms with Gasteiger partial charge in [0.25, 0.3) is 5.91 Å². The third kappa shape index (κ3) is 3.33. The lowest BCUT2D eigenvalue weighted by molar-refractivity contribution is -0.126. The number of rotatable bonds is 5. The average molecular weight is 322 g/mol. The lowest BCUT2D eigenvalue weighted by atomic mass is 10.1. The van der Waals surface area contributed by atoms with Gasteiger partial charge in [-0.25, -0.2) is 4.68 Å². The van der Waals surface area contributed by atoms with Crippen LogP contribution in [0.5, 0.6) is 0 Å². The Bertz CT molecular complexity index is 816. The van der Waals surface area contributed by atoms with E-state index in [0.29, 0.717) is 11.8 Å². The maximum absolute atomic E-state index is 12.5. The molecule has 24 heavy (non-hydrogen) atoms. The van der Waals surface area contributed by atoms with Crippen LogP contribution >= 0.6 is 0 Å². The summed E-state index contributed by atoms with van der Waals surface area (Å²) in [7, 11) is 3.24. The number of aryl methyl sites for hydroxylation is 1. The molecule has 0 unspecified atom stereocenters. The first kappa shape index (κ1) is 15.9. The van der Waals surface area contributed by atoms with Crippen molar-refractivity contribution in [2.24, 2.45) is 7.05 Å². The van der Waals surface area contributed by atoms with Crippen LogP contribution in [0.2, 0.25) is 0 Å². The maximum atomic E-state index is 12.5. The number of methoxy groups -OCH3 is 1. The van der Waals surface area contributed by atoms with Crippen LogP contribution in [0.25, 0.3) is 11.4 Å². The maximum Gasteiger partial charge on any atom is 0.260 e. The number of benzene rings is 2. The normalized spacial score (nSPS) is 11.9. The number of hydrogen-bond donors (Lipinski definition) is 1. The number of ether oxygens (including phenoxy) is 1. The molecule has 0 bridgehead atoms. The average Bonchev–Trinajstić information content (AvgIpc) is 2.98. The Morgan fingerprint density at radius 1 is 1.08 bits per heavy atom. The molecule has 0 aliphatic carbocycles. The van der Waals surface area contributed by atoms with Gasteiger partial charge in [-0.3, -0.25) is 10.1 Å². The van der Waals surface area contributed by atoms with E-state index >= 15 is 0 Å². The minimum atomic E-state index is -0.705. The number of anilines is 1. The molecule has 0 aliphatic rings. The largest absolute Gasteiger partial charge is 0.367 e. The van der Waals surface area contributed by atoms with Crippen LogP contribution in [-0.2, 0) is 16.6 Å². The van der Waals surface area contributed by atoms with Crippen LogP contribution in [-0.4, -0.2) is 27.8 Å². The molecular formula is C18H18N4O2. The number of hydrogen-bond acceptors (Lipinski definition) is 4. The van der Waals surface area contributed by atoms with Gasteiger partial charge in [0.2, 0.25) is 5.95 Å². The van der Waals surface area contributed by atoms with Crippen molar-refractivity contribution in [2.45, 2.75) is 6.10 Å². The van der Waals surface area contributed by atoms with Crippen molar-refractivity contribution in [2.75, 3.05) is 12.4 Å². The summed E-state index contributed by atoms with van der Waals surface area (Å²) >= 11 is 0. The highest BCUT2D eigenvalue weighted by molar-refractivity contribution is 5.93. The van der Waals surface area contributed by atoms with Gasteiger partial charge >= 0.3 is 0 Å². The first-order chi connectivity index (χ1) is 11.7. The molecule has 0 saturated heterocycles. The molecule has 1 heterocycles. The number of aromatic nitrogens is 3. The van der Waals surface area contributed by atoms with Crippen molar-refractivity contribution in [1.82, 2.24) is 14.8 Å². The first-order valence-corrected chi connectivity index (χ1v) is 7.54. The standard InChI is InChI=1S/C18H18N4O2/c1-22-18(19-16(21-22)14-11-7-4-8-12-14)20-17(23)15(24-2)13-9-5-3-6-10-13/h3-12,15H,1-2H3,(H,19,20,21,23)/t15-/m1/s1. The van der Waals surface area contributed by atoms with Crippen LogP contribution in [0.4, 0.5) is 5.95 Å². The Labute approximate surface area is 140 Å². The third-order valence-electron chi connectivity index (χ3n) is 3.61. The van der Waals surface area contributed by atoms with Gasteiger partial charge in [0.1, 0.15) is 0 Å². The van der Waals surface area contributed by atoms with Crippen molar-refractivity contribution in [1.29, 1.82) is 0 Å². The molecule has 6 nitrogen and oxygen atoms in total. The van der Waals surface area contributed by atoms with E-state index in [1.54, 1.807) is 7.05 Å². The fraction of sp³-hybridized carbons (Fsp3) is 0.167. The van der Waals surface area contributed by atoms with Gasteiger partial charge in [0, 0.05) is 19.7 Å². The quantitative estimate of drug-likeness (QED) is 0.784. The van der Waals surface area contributed by atoms with Gasteiger partial charge in [-0.05, 0) is 5.56 Å². The van der Waals surface area contributed by atoms with E-state index in [1.807, 2.05) is 60.7 Å². The molecule has 1 atom stereocenters. The highest BCUT2D eigenvalue weighted by Gasteiger charge is 2.22. The van der Waals surface area contributed by atoms with Crippen LogP contribution in [0, 0.1) is 0 Å². The zero-order chi connectivity index (χ0) is 16.9. The molecule has 0 radical (unpaired) electrons. The Morgan fingerprint density at radius 2 is 1.71 bits per heavy atom. The molecule has 1 amide bonds. The summed E-state index contributed by atoms with van der Waals surface area (Å²) in [5.41, 5.74) is 1.67. The van der Waals surface area contributed by atoms with Gasteiger partial charge < -0.3 is 4.74 Å². The van der Waals surface area contributed by atoms with E-state index in [1.165, 1.54) is 11.8 Å². The topological polar surface area (TPSA) is 69.0 Å². The second-order valence-corrected chi connectivity index (χ2v) is 5.26. The summed E-state index contributed by atoms with van der Waals surface area (Å²) in [4.78, 5) is 16.9. The number of carbonyl (C=O) groups excluding carboxylic acids is 1. The second-order valence-electron chi connectivity index (χ2n) is 5.26. The van der Waals surface area contributed by atoms with Gasteiger partial charge in [-0.1, -0.05) is 60.7 Å². The Morgan fingerprint density at radius 3 is 2.33 bits per heavy atom. The zero-order valence-electron chi connectivity index (χ0n) is 13.5. The van der Waals surface area contributed by atoms with Crippen molar-refractivity contribution < 1.29 is 9.53 Å². The molecule has 0 fully saturated rings. The number of carbonyl (C=O) groups is 1. The van der Waals surface area contributed by atoms with Gasteiger partial charge in [-0.15, -0.1) is 5.10 Å². The van der Waals surface area contributed by atoms with Gasteiger partial charge in [-0.2, -0.15) is 4.98 Å². The predicted molar refractivity (Wildman–Crippen MR) is 91.3 cm³/mol. The molecule has 3 aromatic rings. The Balaban J connectivity index is 1.81. The molecule has 2 aromatic carbocycles. The Kier molecular flexibility index (Phi) is 4.67. The third-order valence-corrected chi connectivity index (χ3v) is 3.61. The van der Waals surface area contributed by atoms with Gasteiger partial charge in [0.15, 0.2) is 11.9 Å².